The molecule has 6 heteroatoms. The van der Waals surface area contributed by atoms with Gasteiger partial charge in [-0.25, -0.2) is 0 Å². The number of aromatic nitrogens is 3. The van der Waals surface area contributed by atoms with Gasteiger partial charge >= 0.3 is 0 Å². The molecule has 25 heavy (non-hydrogen) atoms. The quantitative estimate of drug-likeness (QED) is 0.793. The van der Waals surface area contributed by atoms with Gasteiger partial charge in [-0.1, -0.05) is 29.4 Å². The molecule has 0 fully saturated rings. The zero-order chi connectivity index (χ0) is 17.1. The Balaban J connectivity index is 1.42. The smallest absolute Gasteiger partial charge is 0.246 e. The van der Waals surface area contributed by atoms with Gasteiger partial charge in [0.2, 0.25) is 17.6 Å². The van der Waals surface area contributed by atoms with Crippen LogP contribution in [0.15, 0.2) is 53.3 Å². The predicted molar refractivity (Wildman–Crippen MR) is 91.5 cm³/mol. The Labute approximate surface area is 145 Å². The molecule has 1 unspecified atom stereocenters. The minimum atomic E-state index is -0.104. The Morgan fingerprint density at radius 3 is 2.92 bits per heavy atom. The number of pyridine rings is 1. The van der Waals surface area contributed by atoms with Crippen LogP contribution in [0.1, 0.15) is 35.8 Å². The average Bonchev–Trinajstić information content (AvgIpc) is 3.15. The minimum Gasteiger partial charge on any atom is -0.346 e. The van der Waals surface area contributed by atoms with Crippen LogP contribution in [-0.4, -0.2) is 21.0 Å². The van der Waals surface area contributed by atoms with Gasteiger partial charge in [-0.3, -0.25) is 9.78 Å². The SMILES string of the molecule is O=C(NCc1nc(-c2ccncc2)no1)C1CCCc2ccccc21. The van der Waals surface area contributed by atoms with E-state index in [2.05, 4.69) is 26.5 Å². The van der Waals surface area contributed by atoms with Gasteiger partial charge in [-0.2, -0.15) is 4.98 Å². The van der Waals surface area contributed by atoms with Crippen LogP contribution in [-0.2, 0) is 17.8 Å². The summed E-state index contributed by atoms with van der Waals surface area (Å²) < 4.78 is 5.23. The van der Waals surface area contributed by atoms with E-state index in [4.69, 9.17) is 4.52 Å². The highest BCUT2D eigenvalue weighted by Gasteiger charge is 2.26. The van der Waals surface area contributed by atoms with Gasteiger partial charge in [0.15, 0.2) is 0 Å². The first-order valence-electron chi connectivity index (χ1n) is 8.40. The van der Waals surface area contributed by atoms with Crippen LogP contribution in [0.5, 0.6) is 0 Å². The van der Waals surface area contributed by atoms with Crippen LogP contribution >= 0.6 is 0 Å². The summed E-state index contributed by atoms with van der Waals surface area (Å²) in [5.74, 6) is 0.794. The maximum absolute atomic E-state index is 12.6. The Morgan fingerprint density at radius 1 is 1.20 bits per heavy atom. The molecule has 0 saturated heterocycles. The van der Waals surface area contributed by atoms with Crippen molar-refractivity contribution in [1.82, 2.24) is 20.4 Å². The summed E-state index contributed by atoms with van der Waals surface area (Å²) in [7, 11) is 0. The van der Waals surface area contributed by atoms with Crippen LogP contribution in [0.4, 0.5) is 0 Å². The van der Waals surface area contributed by atoms with Crippen molar-refractivity contribution < 1.29 is 9.32 Å². The number of hydrogen-bond donors (Lipinski definition) is 1. The van der Waals surface area contributed by atoms with E-state index in [0.29, 0.717) is 11.7 Å². The largest absolute Gasteiger partial charge is 0.346 e. The van der Waals surface area contributed by atoms with Gasteiger partial charge in [0, 0.05) is 18.0 Å². The number of fused-ring (bicyclic) bond motifs is 1. The van der Waals surface area contributed by atoms with E-state index in [0.717, 1.165) is 30.4 Å². The van der Waals surface area contributed by atoms with Crippen molar-refractivity contribution in [3.05, 3.63) is 65.8 Å². The lowest BCUT2D eigenvalue weighted by molar-refractivity contribution is -0.123. The normalized spacial score (nSPS) is 16.2. The number of rotatable bonds is 4. The number of carbonyl (C=O) groups is 1. The molecule has 6 nitrogen and oxygen atoms in total. The van der Waals surface area contributed by atoms with Crippen molar-refractivity contribution >= 4 is 5.91 Å². The Morgan fingerprint density at radius 2 is 2.04 bits per heavy atom. The molecule has 1 aromatic carbocycles. The third-order valence-corrected chi connectivity index (χ3v) is 4.51. The van der Waals surface area contributed by atoms with Crippen LogP contribution in [0.25, 0.3) is 11.4 Å². The molecular formula is C19H18N4O2. The third kappa shape index (κ3) is 3.28. The van der Waals surface area contributed by atoms with Gasteiger partial charge in [0.1, 0.15) is 0 Å². The van der Waals surface area contributed by atoms with Crippen molar-refractivity contribution in [2.75, 3.05) is 0 Å². The Bertz CT molecular complexity index is 876. The summed E-state index contributed by atoms with van der Waals surface area (Å²) in [5, 5.41) is 6.87. The second-order valence-corrected chi connectivity index (χ2v) is 6.11. The molecular weight excluding hydrogens is 316 g/mol. The van der Waals surface area contributed by atoms with Gasteiger partial charge in [0.05, 0.1) is 12.5 Å². The molecule has 2 heterocycles. The standard InChI is InChI=1S/C19H18N4O2/c24-19(16-7-3-5-13-4-1-2-6-15(13)16)21-12-17-22-18(23-25-17)14-8-10-20-11-9-14/h1-2,4,6,8-11,16H,3,5,7,12H2,(H,21,24). The van der Waals surface area contributed by atoms with E-state index in [1.54, 1.807) is 12.4 Å². The molecule has 1 aliphatic carbocycles. The molecule has 1 aliphatic rings. The first-order valence-corrected chi connectivity index (χ1v) is 8.40. The zero-order valence-corrected chi connectivity index (χ0v) is 13.7. The van der Waals surface area contributed by atoms with Crippen molar-refractivity contribution in [3.8, 4) is 11.4 Å². The van der Waals surface area contributed by atoms with Gasteiger partial charge < -0.3 is 9.84 Å². The molecule has 1 N–H and O–H groups in total. The number of carbonyl (C=O) groups excluding carboxylic acids is 1. The van der Waals surface area contributed by atoms with E-state index >= 15 is 0 Å². The topological polar surface area (TPSA) is 80.9 Å². The number of nitrogens with zero attached hydrogens (tertiary/aromatic N) is 3. The second kappa shape index (κ2) is 6.84. The lowest BCUT2D eigenvalue weighted by atomic mass is 9.82. The summed E-state index contributed by atoms with van der Waals surface area (Å²) in [5.41, 5.74) is 3.23. The van der Waals surface area contributed by atoms with Crippen molar-refractivity contribution in [2.45, 2.75) is 31.7 Å². The molecule has 1 amide bonds. The molecule has 126 valence electrons. The summed E-state index contributed by atoms with van der Waals surface area (Å²) in [6.07, 6.45) is 6.29. The fraction of sp³-hybridized carbons (Fsp3) is 0.263. The molecule has 0 aliphatic heterocycles. The van der Waals surface area contributed by atoms with Crippen molar-refractivity contribution in [1.29, 1.82) is 0 Å². The third-order valence-electron chi connectivity index (χ3n) is 4.51. The first kappa shape index (κ1) is 15.5. The zero-order valence-electron chi connectivity index (χ0n) is 13.7. The number of hydrogen-bond acceptors (Lipinski definition) is 5. The van der Waals surface area contributed by atoms with Crippen LogP contribution in [0.2, 0.25) is 0 Å². The molecule has 0 saturated carbocycles. The minimum absolute atomic E-state index is 0.0100. The van der Waals surface area contributed by atoms with E-state index < -0.39 is 0 Å². The fourth-order valence-corrected chi connectivity index (χ4v) is 3.26. The van der Waals surface area contributed by atoms with Gasteiger partial charge in [-0.05, 0) is 42.5 Å². The number of aryl methyl sites for hydroxylation is 1. The molecule has 2 aromatic heterocycles. The molecule has 3 aromatic rings. The molecule has 0 spiro atoms. The summed E-state index contributed by atoms with van der Waals surface area (Å²) >= 11 is 0. The van der Waals surface area contributed by atoms with Crippen LogP contribution in [0, 0.1) is 0 Å². The van der Waals surface area contributed by atoms with Crippen LogP contribution in [0.3, 0.4) is 0 Å². The lowest BCUT2D eigenvalue weighted by Crippen LogP contribution is -2.31. The van der Waals surface area contributed by atoms with E-state index in [1.165, 1.54) is 5.56 Å². The maximum atomic E-state index is 12.6. The van der Waals surface area contributed by atoms with Crippen molar-refractivity contribution in [2.24, 2.45) is 0 Å². The first-order chi connectivity index (χ1) is 12.3. The highest BCUT2D eigenvalue weighted by Crippen LogP contribution is 2.31. The fourth-order valence-electron chi connectivity index (χ4n) is 3.26. The van der Waals surface area contributed by atoms with Gasteiger partial charge in [-0.15, -0.1) is 0 Å². The van der Waals surface area contributed by atoms with Gasteiger partial charge in [0.25, 0.3) is 0 Å². The summed E-state index contributed by atoms with van der Waals surface area (Å²) in [6, 6.07) is 11.8. The molecule has 1 atom stereocenters. The average molecular weight is 334 g/mol. The number of benzene rings is 1. The molecule has 4 rings (SSSR count). The van der Waals surface area contributed by atoms with Crippen LogP contribution < -0.4 is 5.32 Å². The second-order valence-electron chi connectivity index (χ2n) is 6.11. The Kier molecular flexibility index (Phi) is 4.24. The highest BCUT2D eigenvalue weighted by atomic mass is 16.5. The lowest BCUT2D eigenvalue weighted by Gasteiger charge is -2.24. The molecule has 0 radical (unpaired) electrons. The van der Waals surface area contributed by atoms with E-state index in [9.17, 15) is 4.79 Å². The van der Waals surface area contributed by atoms with Crippen molar-refractivity contribution in [3.63, 3.8) is 0 Å². The number of amides is 1. The maximum Gasteiger partial charge on any atom is 0.246 e. The highest BCUT2D eigenvalue weighted by molar-refractivity contribution is 5.84. The predicted octanol–water partition coefficient (Wildman–Crippen LogP) is 2.87. The van der Waals surface area contributed by atoms with E-state index in [-0.39, 0.29) is 18.4 Å². The summed E-state index contributed by atoms with van der Waals surface area (Å²) in [6.45, 7) is 0.232. The Hall–Kier alpha value is -3.02. The van der Waals surface area contributed by atoms with E-state index in [1.807, 2.05) is 30.3 Å². The monoisotopic (exact) mass is 334 g/mol. The summed E-state index contributed by atoms with van der Waals surface area (Å²) in [4.78, 5) is 20.9. The molecule has 0 bridgehead atoms. The number of nitrogens with one attached hydrogen (secondary N) is 1.